The van der Waals surface area contributed by atoms with Gasteiger partial charge in [0.05, 0.1) is 6.42 Å². The van der Waals surface area contributed by atoms with Gasteiger partial charge in [0.1, 0.15) is 5.82 Å². The second-order valence-electron chi connectivity index (χ2n) is 5.27. The molecule has 2 aromatic carbocycles. The number of carbonyl (C=O) groups is 3. The second-order valence-corrected chi connectivity index (χ2v) is 5.71. The third kappa shape index (κ3) is 6.90. The maximum atomic E-state index is 12.8. The fourth-order valence-corrected chi connectivity index (χ4v) is 2.14. The lowest BCUT2D eigenvalue weighted by Gasteiger charge is -2.07. The Labute approximate surface area is 154 Å². The van der Waals surface area contributed by atoms with E-state index in [9.17, 15) is 18.8 Å². The molecule has 0 unspecified atom stereocenters. The van der Waals surface area contributed by atoms with Gasteiger partial charge in [0.25, 0.3) is 5.91 Å². The molecule has 2 amide bonds. The molecule has 0 aliphatic heterocycles. The molecule has 0 bridgehead atoms. The quantitative estimate of drug-likeness (QED) is 0.723. The molecule has 0 radical (unpaired) electrons. The number of halogens is 2. The summed E-state index contributed by atoms with van der Waals surface area (Å²) in [7, 11) is 0. The number of anilines is 2. The zero-order valence-electron chi connectivity index (χ0n) is 13.6. The third-order valence-corrected chi connectivity index (χ3v) is 3.39. The summed E-state index contributed by atoms with van der Waals surface area (Å²) in [6, 6.07) is 11.8. The summed E-state index contributed by atoms with van der Waals surface area (Å²) >= 11 is 5.81. The maximum absolute atomic E-state index is 12.8. The Morgan fingerprint density at radius 2 is 1.62 bits per heavy atom. The summed E-state index contributed by atoms with van der Waals surface area (Å²) < 4.78 is 17.6. The maximum Gasteiger partial charge on any atom is 0.306 e. The smallest absolute Gasteiger partial charge is 0.306 e. The van der Waals surface area contributed by atoms with Gasteiger partial charge >= 0.3 is 5.97 Å². The first-order valence-electron chi connectivity index (χ1n) is 7.69. The second kappa shape index (κ2) is 9.53. The minimum atomic E-state index is -0.680. The minimum absolute atomic E-state index is 0.0923. The first kappa shape index (κ1) is 19.4. The summed E-state index contributed by atoms with van der Waals surface area (Å²) in [5.41, 5.74) is 0.905. The van der Waals surface area contributed by atoms with Gasteiger partial charge in [0.15, 0.2) is 6.61 Å². The highest BCUT2D eigenvalue weighted by atomic mass is 35.5. The number of hydrogen-bond donors (Lipinski definition) is 2. The highest BCUT2D eigenvalue weighted by Gasteiger charge is 2.11. The molecule has 0 aromatic heterocycles. The lowest BCUT2D eigenvalue weighted by atomic mass is 10.2. The van der Waals surface area contributed by atoms with E-state index in [4.69, 9.17) is 16.3 Å². The molecule has 8 heteroatoms. The molecule has 0 spiro atoms. The van der Waals surface area contributed by atoms with E-state index in [2.05, 4.69) is 10.6 Å². The van der Waals surface area contributed by atoms with Crippen molar-refractivity contribution in [2.45, 2.75) is 12.8 Å². The van der Waals surface area contributed by atoms with Crippen molar-refractivity contribution in [3.63, 3.8) is 0 Å². The van der Waals surface area contributed by atoms with Crippen LogP contribution in [-0.4, -0.2) is 24.4 Å². The van der Waals surface area contributed by atoms with Gasteiger partial charge in [-0.25, -0.2) is 4.39 Å². The topological polar surface area (TPSA) is 84.5 Å². The molecule has 2 aromatic rings. The van der Waals surface area contributed by atoms with Crippen molar-refractivity contribution in [3.8, 4) is 0 Å². The normalized spacial score (nSPS) is 10.1. The van der Waals surface area contributed by atoms with E-state index in [1.807, 2.05) is 0 Å². The summed E-state index contributed by atoms with van der Waals surface area (Å²) in [5, 5.41) is 5.53. The van der Waals surface area contributed by atoms with Crippen LogP contribution in [0.15, 0.2) is 48.5 Å². The molecule has 2 rings (SSSR count). The van der Waals surface area contributed by atoms with E-state index >= 15 is 0 Å². The van der Waals surface area contributed by atoms with Crippen molar-refractivity contribution in [1.29, 1.82) is 0 Å². The molecular formula is C18H16ClFN2O4. The molecule has 2 N–H and O–H groups in total. The Bertz CT molecular complexity index is 796. The van der Waals surface area contributed by atoms with E-state index < -0.39 is 24.3 Å². The van der Waals surface area contributed by atoms with E-state index in [1.54, 1.807) is 24.3 Å². The Morgan fingerprint density at radius 3 is 2.31 bits per heavy atom. The molecule has 0 saturated heterocycles. The van der Waals surface area contributed by atoms with Crippen molar-refractivity contribution in [2.24, 2.45) is 0 Å². The lowest BCUT2D eigenvalue weighted by Crippen LogP contribution is -2.21. The summed E-state index contributed by atoms with van der Waals surface area (Å²) in [4.78, 5) is 35.0. The number of esters is 1. The van der Waals surface area contributed by atoms with Crippen LogP contribution in [0, 0.1) is 5.82 Å². The standard InChI is InChI=1S/C18H16ClFN2O4/c19-12-2-1-3-15(10-12)22-16(23)8-9-18(25)26-11-17(24)21-14-6-4-13(20)5-7-14/h1-7,10H,8-9,11H2,(H,21,24)(H,22,23). The SMILES string of the molecule is O=C(CCC(=O)OCC(=O)Nc1ccc(F)cc1)Nc1cccc(Cl)c1. The van der Waals surface area contributed by atoms with Crippen LogP contribution in [0.3, 0.4) is 0 Å². The number of rotatable bonds is 7. The largest absolute Gasteiger partial charge is 0.456 e. The Morgan fingerprint density at radius 1 is 0.923 bits per heavy atom. The fraction of sp³-hybridized carbons (Fsp3) is 0.167. The molecule has 0 aliphatic rings. The Balaban J connectivity index is 1.67. The van der Waals surface area contributed by atoms with Crippen LogP contribution in [0.2, 0.25) is 5.02 Å². The predicted octanol–water partition coefficient (Wildman–Crippen LogP) is 3.38. The van der Waals surface area contributed by atoms with Gasteiger partial charge in [0.2, 0.25) is 5.91 Å². The summed E-state index contributed by atoms with van der Waals surface area (Å²) in [6.45, 7) is -0.494. The summed E-state index contributed by atoms with van der Waals surface area (Å²) in [5.74, 6) is -2.04. The monoisotopic (exact) mass is 378 g/mol. The van der Waals surface area contributed by atoms with Crippen LogP contribution in [0.4, 0.5) is 15.8 Å². The summed E-state index contributed by atoms with van der Waals surface area (Å²) in [6.07, 6.45) is -0.263. The van der Waals surface area contributed by atoms with Gasteiger partial charge in [-0.2, -0.15) is 0 Å². The molecule has 6 nitrogen and oxygen atoms in total. The molecule has 0 aliphatic carbocycles. The van der Waals surface area contributed by atoms with Crippen molar-refractivity contribution in [2.75, 3.05) is 17.2 Å². The molecule has 136 valence electrons. The van der Waals surface area contributed by atoms with Gasteiger partial charge in [-0.3, -0.25) is 14.4 Å². The molecular weight excluding hydrogens is 363 g/mol. The average Bonchev–Trinajstić information content (AvgIpc) is 2.60. The average molecular weight is 379 g/mol. The zero-order chi connectivity index (χ0) is 18.9. The number of nitrogens with one attached hydrogen (secondary N) is 2. The van der Waals surface area contributed by atoms with Crippen LogP contribution in [0.1, 0.15) is 12.8 Å². The number of amides is 2. The number of ether oxygens (including phenoxy) is 1. The van der Waals surface area contributed by atoms with Gasteiger partial charge in [0, 0.05) is 22.8 Å². The lowest BCUT2D eigenvalue weighted by molar-refractivity contribution is -0.147. The third-order valence-electron chi connectivity index (χ3n) is 3.16. The Kier molecular flexibility index (Phi) is 7.11. The van der Waals surface area contributed by atoms with E-state index in [-0.39, 0.29) is 18.7 Å². The van der Waals surface area contributed by atoms with Gasteiger partial charge in [-0.15, -0.1) is 0 Å². The van der Waals surface area contributed by atoms with Crippen LogP contribution >= 0.6 is 11.6 Å². The Hall–Kier alpha value is -2.93. The first-order valence-corrected chi connectivity index (χ1v) is 8.06. The molecule has 0 saturated carbocycles. The predicted molar refractivity (Wildman–Crippen MR) is 95.3 cm³/mol. The van der Waals surface area contributed by atoms with Crippen molar-refractivity contribution in [1.82, 2.24) is 0 Å². The molecule has 0 atom stereocenters. The molecule has 0 heterocycles. The van der Waals surface area contributed by atoms with Crippen molar-refractivity contribution >= 4 is 40.8 Å². The van der Waals surface area contributed by atoms with Crippen LogP contribution in [0.5, 0.6) is 0 Å². The molecule has 26 heavy (non-hydrogen) atoms. The van der Waals surface area contributed by atoms with Crippen LogP contribution in [0.25, 0.3) is 0 Å². The zero-order valence-corrected chi connectivity index (χ0v) is 14.4. The number of hydrogen-bond acceptors (Lipinski definition) is 4. The highest BCUT2D eigenvalue weighted by Crippen LogP contribution is 2.15. The van der Waals surface area contributed by atoms with Gasteiger partial charge < -0.3 is 15.4 Å². The minimum Gasteiger partial charge on any atom is -0.456 e. The van der Waals surface area contributed by atoms with Gasteiger partial charge in [-0.05, 0) is 42.5 Å². The van der Waals surface area contributed by atoms with Gasteiger partial charge in [-0.1, -0.05) is 17.7 Å². The van der Waals surface area contributed by atoms with Crippen LogP contribution < -0.4 is 10.6 Å². The van der Waals surface area contributed by atoms with E-state index in [0.717, 1.165) is 0 Å². The molecule has 0 fully saturated rings. The van der Waals surface area contributed by atoms with E-state index in [1.165, 1.54) is 24.3 Å². The number of carbonyl (C=O) groups excluding carboxylic acids is 3. The highest BCUT2D eigenvalue weighted by molar-refractivity contribution is 6.30. The first-order chi connectivity index (χ1) is 12.4. The fourth-order valence-electron chi connectivity index (χ4n) is 1.95. The van der Waals surface area contributed by atoms with Crippen molar-refractivity contribution < 1.29 is 23.5 Å². The number of benzene rings is 2. The van der Waals surface area contributed by atoms with Crippen LogP contribution in [-0.2, 0) is 19.1 Å². The van der Waals surface area contributed by atoms with Crippen molar-refractivity contribution in [3.05, 3.63) is 59.4 Å². The van der Waals surface area contributed by atoms with E-state index in [0.29, 0.717) is 16.4 Å².